The van der Waals surface area contributed by atoms with Crippen LogP contribution in [0.2, 0.25) is 0 Å². The van der Waals surface area contributed by atoms with E-state index >= 15 is 0 Å². The summed E-state index contributed by atoms with van der Waals surface area (Å²) in [6.07, 6.45) is 4.69. The standard InChI is InChI=1S/C22H25NO4/c1-3-7-20(18-8-5-4-6-9-18)23-21(24)16-27-22(25)15-12-17-10-13-19(26-2)14-11-17/h4-6,8-15,20H,3,7,16H2,1-2H3,(H,23,24)/b15-12+/t20-/m1/s1. The van der Waals surface area contributed by atoms with Gasteiger partial charge in [0, 0.05) is 6.08 Å². The lowest BCUT2D eigenvalue weighted by Crippen LogP contribution is -2.32. The van der Waals surface area contributed by atoms with Gasteiger partial charge in [0.05, 0.1) is 13.2 Å². The van der Waals surface area contributed by atoms with Crippen LogP contribution in [0.3, 0.4) is 0 Å². The summed E-state index contributed by atoms with van der Waals surface area (Å²) in [6, 6.07) is 16.9. The van der Waals surface area contributed by atoms with Gasteiger partial charge in [-0.3, -0.25) is 4.79 Å². The molecule has 0 spiro atoms. The molecule has 0 unspecified atom stereocenters. The SMILES string of the molecule is CCC[C@@H](NC(=O)COC(=O)/C=C/c1ccc(OC)cc1)c1ccccc1. The second kappa shape index (κ2) is 10.8. The number of hydrogen-bond donors (Lipinski definition) is 1. The zero-order chi connectivity index (χ0) is 19.5. The van der Waals surface area contributed by atoms with Crippen LogP contribution >= 0.6 is 0 Å². The third-order valence-electron chi connectivity index (χ3n) is 3.99. The molecule has 1 atom stereocenters. The summed E-state index contributed by atoms with van der Waals surface area (Å²) < 4.78 is 10.1. The van der Waals surface area contributed by atoms with Crippen LogP contribution < -0.4 is 10.1 Å². The number of esters is 1. The van der Waals surface area contributed by atoms with Gasteiger partial charge in [0.15, 0.2) is 6.61 Å². The highest BCUT2D eigenvalue weighted by molar-refractivity contribution is 5.89. The van der Waals surface area contributed by atoms with Crippen molar-refractivity contribution in [3.05, 3.63) is 71.8 Å². The fraction of sp³-hybridized carbons (Fsp3) is 0.273. The number of ether oxygens (including phenoxy) is 2. The molecule has 27 heavy (non-hydrogen) atoms. The van der Waals surface area contributed by atoms with Crippen molar-refractivity contribution in [1.82, 2.24) is 5.32 Å². The lowest BCUT2D eigenvalue weighted by atomic mass is 10.0. The number of amides is 1. The van der Waals surface area contributed by atoms with Gasteiger partial charge in [-0.1, -0.05) is 55.8 Å². The number of carbonyl (C=O) groups is 2. The summed E-state index contributed by atoms with van der Waals surface area (Å²) >= 11 is 0. The van der Waals surface area contributed by atoms with E-state index in [0.717, 1.165) is 29.7 Å². The second-order valence-electron chi connectivity index (χ2n) is 6.03. The van der Waals surface area contributed by atoms with E-state index < -0.39 is 5.97 Å². The Morgan fingerprint density at radius 3 is 2.41 bits per heavy atom. The van der Waals surface area contributed by atoms with Crippen molar-refractivity contribution < 1.29 is 19.1 Å². The molecule has 0 saturated heterocycles. The Balaban J connectivity index is 1.82. The van der Waals surface area contributed by atoms with Gasteiger partial charge in [0.2, 0.25) is 0 Å². The molecule has 0 radical (unpaired) electrons. The molecule has 0 aliphatic heterocycles. The Kier molecular flexibility index (Phi) is 8.10. The molecule has 142 valence electrons. The maximum Gasteiger partial charge on any atom is 0.331 e. The third kappa shape index (κ3) is 6.98. The zero-order valence-electron chi connectivity index (χ0n) is 15.7. The van der Waals surface area contributed by atoms with Crippen LogP contribution in [-0.2, 0) is 14.3 Å². The summed E-state index contributed by atoms with van der Waals surface area (Å²) in [5.41, 5.74) is 1.88. The molecular formula is C22H25NO4. The first-order valence-electron chi connectivity index (χ1n) is 8.95. The topological polar surface area (TPSA) is 64.6 Å². The smallest absolute Gasteiger partial charge is 0.331 e. The maximum absolute atomic E-state index is 12.1. The fourth-order valence-corrected chi connectivity index (χ4v) is 2.60. The molecular weight excluding hydrogens is 342 g/mol. The molecule has 0 saturated carbocycles. The molecule has 2 rings (SSSR count). The quantitative estimate of drug-likeness (QED) is 0.539. The van der Waals surface area contributed by atoms with Gasteiger partial charge in [0.25, 0.3) is 5.91 Å². The van der Waals surface area contributed by atoms with Crippen LogP contribution in [0.5, 0.6) is 5.75 Å². The van der Waals surface area contributed by atoms with Gasteiger partial charge in [-0.2, -0.15) is 0 Å². The summed E-state index contributed by atoms with van der Waals surface area (Å²) in [5, 5.41) is 2.92. The molecule has 5 heteroatoms. The van der Waals surface area contributed by atoms with Crippen molar-refractivity contribution in [3.8, 4) is 5.75 Å². The van der Waals surface area contributed by atoms with E-state index in [1.165, 1.54) is 6.08 Å². The Morgan fingerprint density at radius 2 is 1.78 bits per heavy atom. The zero-order valence-corrected chi connectivity index (χ0v) is 15.7. The van der Waals surface area contributed by atoms with Crippen molar-refractivity contribution >= 4 is 18.0 Å². The van der Waals surface area contributed by atoms with Gasteiger partial charge >= 0.3 is 5.97 Å². The molecule has 0 bridgehead atoms. The van der Waals surface area contributed by atoms with Gasteiger partial charge < -0.3 is 14.8 Å². The number of methoxy groups -OCH3 is 1. The summed E-state index contributed by atoms with van der Waals surface area (Å²) in [6.45, 7) is 1.75. The average Bonchev–Trinajstić information content (AvgIpc) is 2.71. The minimum absolute atomic E-state index is 0.0859. The van der Waals surface area contributed by atoms with E-state index in [4.69, 9.17) is 9.47 Å². The van der Waals surface area contributed by atoms with Crippen molar-refractivity contribution in [2.75, 3.05) is 13.7 Å². The Bertz CT molecular complexity index is 754. The lowest BCUT2D eigenvalue weighted by molar-refractivity contribution is -0.144. The predicted octanol–water partition coefficient (Wildman–Crippen LogP) is 3.91. The predicted molar refractivity (Wildman–Crippen MR) is 105 cm³/mol. The normalized spacial score (nSPS) is 11.8. The van der Waals surface area contributed by atoms with Crippen LogP contribution in [-0.4, -0.2) is 25.6 Å². The number of hydrogen-bond acceptors (Lipinski definition) is 4. The van der Waals surface area contributed by atoms with Gasteiger partial charge in [-0.15, -0.1) is 0 Å². The largest absolute Gasteiger partial charge is 0.497 e. The highest BCUT2D eigenvalue weighted by Gasteiger charge is 2.14. The minimum Gasteiger partial charge on any atom is -0.497 e. The van der Waals surface area contributed by atoms with Crippen LogP contribution in [0.15, 0.2) is 60.7 Å². The van der Waals surface area contributed by atoms with Crippen molar-refractivity contribution in [2.45, 2.75) is 25.8 Å². The van der Waals surface area contributed by atoms with Crippen LogP contribution in [0.25, 0.3) is 6.08 Å². The molecule has 0 fully saturated rings. The summed E-state index contributed by atoms with van der Waals surface area (Å²) in [7, 11) is 1.59. The molecule has 1 N–H and O–H groups in total. The van der Waals surface area contributed by atoms with Gasteiger partial charge in [0.1, 0.15) is 5.75 Å². The Morgan fingerprint density at radius 1 is 1.07 bits per heavy atom. The van der Waals surface area contributed by atoms with Crippen LogP contribution in [0.4, 0.5) is 0 Å². The van der Waals surface area contributed by atoms with Gasteiger partial charge in [-0.05, 0) is 35.8 Å². The summed E-state index contributed by atoms with van der Waals surface area (Å²) in [4.78, 5) is 23.9. The first kappa shape index (κ1) is 20.2. The second-order valence-corrected chi connectivity index (χ2v) is 6.03. The van der Waals surface area contributed by atoms with E-state index in [-0.39, 0.29) is 18.6 Å². The van der Waals surface area contributed by atoms with E-state index in [1.54, 1.807) is 25.3 Å². The molecule has 2 aromatic rings. The van der Waals surface area contributed by atoms with Crippen molar-refractivity contribution in [2.24, 2.45) is 0 Å². The molecule has 2 aromatic carbocycles. The first-order chi connectivity index (χ1) is 13.1. The van der Waals surface area contributed by atoms with Crippen LogP contribution in [0, 0.1) is 0 Å². The highest BCUT2D eigenvalue weighted by Crippen LogP contribution is 2.18. The molecule has 0 aliphatic rings. The molecule has 5 nitrogen and oxygen atoms in total. The van der Waals surface area contributed by atoms with E-state index in [2.05, 4.69) is 12.2 Å². The number of rotatable bonds is 9. The number of benzene rings is 2. The maximum atomic E-state index is 12.1. The average molecular weight is 367 g/mol. The third-order valence-corrected chi connectivity index (χ3v) is 3.99. The molecule has 0 heterocycles. The first-order valence-corrected chi connectivity index (χ1v) is 8.95. The Hall–Kier alpha value is -3.08. The molecule has 0 aliphatic carbocycles. The highest BCUT2D eigenvalue weighted by atomic mass is 16.5. The molecule has 1 amide bonds. The van der Waals surface area contributed by atoms with Crippen molar-refractivity contribution in [3.63, 3.8) is 0 Å². The van der Waals surface area contributed by atoms with Gasteiger partial charge in [-0.25, -0.2) is 4.79 Å². The van der Waals surface area contributed by atoms with Crippen LogP contribution in [0.1, 0.15) is 36.9 Å². The lowest BCUT2D eigenvalue weighted by Gasteiger charge is -2.18. The Labute approximate surface area is 160 Å². The van der Waals surface area contributed by atoms with E-state index in [9.17, 15) is 9.59 Å². The molecule has 0 aromatic heterocycles. The summed E-state index contributed by atoms with van der Waals surface area (Å²) in [5.74, 6) is -0.136. The van der Waals surface area contributed by atoms with Crippen molar-refractivity contribution in [1.29, 1.82) is 0 Å². The number of carbonyl (C=O) groups excluding carboxylic acids is 2. The van der Waals surface area contributed by atoms with E-state index in [0.29, 0.717) is 0 Å². The monoisotopic (exact) mass is 367 g/mol. The fourth-order valence-electron chi connectivity index (χ4n) is 2.60. The number of nitrogens with one attached hydrogen (secondary N) is 1. The minimum atomic E-state index is -0.562. The van der Waals surface area contributed by atoms with E-state index in [1.807, 2.05) is 42.5 Å².